The second-order valence-electron chi connectivity index (χ2n) is 13.5. The van der Waals surface area contributed by atoms with Crippen LogP contribution in [0, 0.1) is 17.8 Å². The molecule has 1 spiro atoms. The molecule has 0 aromatic heterocycles. The van der Waals surface area contributed by atoms with Gasteiger partial charge in [-0.05, 0) is 24.8 Å². The van der Waals surface area contributed by atoms with E-state index in [0.717, 1.165) is 18.7 Å². The average molecular weight is 607 g/mol. The first-order chi connectivity index (χ1) is 21.2. The van der Waals surface area contributed by atoms with Crippen LogP contribution in [0.15, 0.2) is 54.6 Å². The molecule has 5 aliphatic rings. The minimum absolute atomic E-state index is 0.157. The van der Waals surface area contributed by atoms with Crippen molar-refractivity contribution in [1.29, 1.82) is 0 Å². The highest BCUT2D eigenvalue weighted by molar-refractivity contribution is 6.00. The van der Waals surface area contributed by atoms with Gasteiger partial charge in [0.25, 0.3) is 0 Å². The molecule has 0 radical (unpaired) electrons. The lowest BCUT2D eigenvalue weighted by Gasteiger charge is -2.40. The van der Waals surface area contributed by atoms with Crippen LogP contribution in [-0.4, -0.2) is 125 Å². The number of aliphatic hydroxyl groups is 1. The Morgan fingerprint density at radius 1 is 0.909 bits per heavy atom. The minimum Gasteiger partial charge on any atom is -0.394 e. The Balaban J connectivity index is 1.37. The monoisotopic (exact) mass is 606 g/mol. The van der Waals surface area contributed by atoms with Crippen molar-refractivity contribution >= 4 is 17.7 Å². The lowest BCUT2D eigenvalue weighted by Crippen LogP contribution is -2.59. The molecule has 3 saturated heterocycles. The topological polar surface area (TPSA) is 103 Å². The van der Waals surface area contributed by atoms with Gasteiger partial charge in [0.2, 0.25) is 17.7 Å². The van der Waals surface area contributed by atoms with Gasteiger partial charge in [0.05, 0.1) is 43.3 Å². The summed E-state index contributed by atoms with van der Waals surface area (Å²) in [5.41, 5.74) is -1.41. The second-order valence-corrected chi connectivity index (χ2v) is 13.5. The minimum atomic E-state index is -1.33. The number of hydrogen-bond donors (Lipinski definition) is 1. The van der Waals surface area contributed by atoms with Crippen LogP contribution in [0.3, 0.4) is 0 Å². The number of aliphatic hydroxyl groups excluding tert-OH is 1. The maximum Gasteiger partial charge on any atom is 0.249 e. The first kappa shape index (κ1) is 31.0. The molecule has 1 N–H and O–H groups in total. The number of benzene rings is 1. The fourth-order valence-corrected chi connectivity index (χ4v) is 8.01. The standard InChI is InChI=1S/C34H46N4O6/c1-24(2)21-26(23-39)38-29-32(42)36(16-15-35-17-19-43-20-18-35)13-8-12-34(29)28(31(38)41)27-30(40)37(14-7-11-33(27,3)44-34)22-25-9-5-4-6-10-25/h4-12,24,26-29,39H,13-23H2,1-3H3/t26-,27+,28+,29?,33-,34+/m1/s1. The number of ether oxygens (including phenoxy) is 2. The largest absolute Gasteiger partial charge is 0.394 e. The zero-order valence-corrected chi connectivity index (χ0v) is 26.1. The Bertz CT molecular complexity index is 1300. The molecule has 238 valence electrons. The van der Waals surface area contributed by atoms with Crippen molar-refractivity contribution in [2.75, 3.05) is 59.1 Å². The molecule has 10 nitrogen and oxygen atoms in total. The number of likely N-dealkylation sites (tertiary alicyclic amines) is 1. The zero-order valence-electron chi connectivity index (χ0n) is 26.1. The van der Waals surface area contributed by atoms with Gasteiger partial charge in [-0.3, -0.25) is 19.3 Å². The molecule has 5 aliphatic heterocycles. The van der Waals surface area contributed by atoms with Gasteiger partial charge in [-0.1, -0.05) is 68.5 Å². The second kappa shape index (κ2) is 12.4. The van der Waals surface area contributed by atoms with Crippen LogP contribution in [0.25, 0.3) is 0 Å². The van der Waals surface area contributed by atoms with Crippen LogP contribution in [0.5, 0.6) is 0 Å². The van der Waals surface area contributed by atoms with Crippen LogP contribution in [-0.2, 0) is 30.4 Å². The Morgan fingerprint density at radius 3 is 2.32 bits per heavy atom. The van der Waals surface area contributed by atoms with Crippen LogP contribution in [0.1, 0.15) is 32.8 Å². The van der Waals surface area contributed by atoms with E-state index in [2.05, 4.69) is 4.90 Å². The molecule has 5 heterocycles. The summed E-state index contributed by atoms with van der Waals surface area (Å²) in [4.78, 5) is 51.3. The van der Waals surface area contributed by atoms with E-state index in [0.29, 0.717) is 52.4 Å². The van der Waals surface area contributed by atoms with Gasteiger partial charge in [-0.2, -0.15) is 0 Å². The van der Waals surface area contributed by atoms with Crippen molar-refractivity contribution in [3.8, 4) is 0 Å². The molecule has 1 aromatic rings. The highest BCUT2D eigenvalue weighted by atomic mass is 16.5. The summed E-state index contributed by atoms with van der Waals surface area (Å²) in [5, 5.41) is 10.6. The first-order valence-electron chi connectivity index (χ1n) is 16.1. The number of morpholine rings is 1. The van der Waals surface area contributed by atoms with Crippen molar-refractivity contribution in [1.82, 2.24) is 19.6 Å². The summed E-state index contributed by atoms with van der Waals surface area (Å²) in [6.45, 7) is 11.1. The van der Waals surface area contributed by atoms with Crippen LogP contribution in [0.2, 0.25) is 0 Å². The summed E-state index contributed by atoms with van der Waals surface area (Å²) in [6.07, 6.45) is 8.21. The van der Waals surface area contributed by atoms with Crippen molar-refractivity contribution in [2.45, 2.75) is 57.0 Å². The molecule has 3 amide bonds. The molecule has 3 fully saturated rings. The fourth-order valence-electron chi connectivity index (χ4n) is 8.01. The van der Waals surface area contributed by atoms with E-state index in [9.17, 15) is 19.5 Å². The lowest BCUT2D eigenvalue weighted by atomic mass is 9.74. The lowest BCUT2D eigenvalue weighted by molar-refractivity contribution is -0.156. The van der Waals surface area contributed by atoms with Crippen LogP contribution < -0.4 is 0 Å². The van der Waals surface area contributed by atoms with Crippen LogP contribution >= 0.6 is 0 Å². The molecule has 0 saturated carbocycles. The number of nitrogens with zero attached hydrogens (tertiary/aromatic N) is 4. The molecule has 10 heteroatoms. The maximum absolute atomic E-state index is 14.7. The van der Waals surface area contributed by atoms with Crippen molar-refractivity contribution in [3.63, 3.8) is 0 Å². The Hall–Kier alpha value is -3.05. The van der Waals surface area contributed by atoms with Crippen molar-refractivity contribution in [3.05, 3.63) is 60.2 Å². The van der Waals surface area contributed by atoms with Gasteiger partial charge in [0, 0.05) is 45.8 Å². The van der Waals surface area contributed by atoms with E-state index in [4.69, 9.17) is 9.47 Å². The molecular formula is C34H46N4O6. The Labute approximate surface area is 260 Å². The highest BCUT2D eigenvalue weighted by Gasteiger charge is 2.75. The maximum atomic E-state index is 14.7. The first-order valence-corrected chi connectivity index (χ1v) is 16.1. The number of fused-ring (bicyclic) bond motifs is 2. The fraction of sp³-hybridized carbons (Fsp3) is 0.618. The Morgan fingerprint density at radius 2 is 1.61 bits per heavy atom. The third-order valence-corrected chi connectivity index (χ3v) is 10.0. The zero-order chi connectivity index (χ0) is 31.1. The molecule has 0 aliphatic carbocycles. The van der Waals surface area contributed by atoms with E-state index in [-0.39, 0.29) is 30.2 Å². The van der Waals surface area contributed by atoms with E-state index in [1.165, 1.54) is 0 Å². The molecular weight excluding hydrogens is 560 g/mol. The predicted molar refractivity (Wildman–Crippen MR) is 164 cm³/mol. The Kier molecular flexibility index (Phi) is 8.71. The van der Waals surface area contributed by atoms with Crippen molar-refractivity contribution < 1.29 is 29.0 Å². The number of rotatable bonds is 9. The summed E-state index contributed by atoms with van der Waals surface area (Å²) in [6, 6.07) is 8.27. The average Bonchev–Trinajstić information content (AvgIpc) is 3.30. The smallest absolute Gasteiger partial charge is 0.249 e. The van der Waals surface area contributed by atoms with Crippen LogP contribution in [0.4, 0.5) is 0 Å². The van der Waals surface area contributed by atoms with Gasteiger partial charge in [-0.25, -0.2) is 0 Å². The van der Waals surface area contributed by atoms with Gasteiger partial charge in [-0.15, -0.1) is 0 Å². The predicted octanol–water partition coefficient (Wildman–Crippen LogP) is 1.69. The van der Waals surface area contributed by atoms with Gasteiger partial charge in [0.15, 0.2) is 0 Å². The molecule has 1 unspecified atom stereocenters. The number of hydrogen-bond acceptors (Lipinski definition) is 7. The molecule has 6 atom stereocenters. The molecule has 0 bridgehead atoms. The number of carbonyl (C=O) groups excluding carboxylic acids is 3. The summed E-state index contributed by atoms with van der Waals surface area (Å²) < 4.78 is 12.5. The van der Waals surface area contributed by atoms with E-state index >= 15 is 0 Å². The number of amides is 3. The van der Waals surface area contributed by atoms with Crippen molar-refractivity contribution in [2.24, 2.45) is 17.8 Å². The molecule has 44 heavy (non-hydrogen) atoms. The van der Waals surface area contributed by atoms with E-state index in [1.807, 2.05) is 75.4 Å². The summed E-state index contributed by atoms with van der Waals surface area (Å²) in [7, 11) is 0. The van der Waals surface area contributed by atoms with E-state index < -0.39 is 35.1 Å². The molecule has 6 rings (SSSR count). The third kappa shape index (κ3) is 5.40. The highest BCUT2D eigenvalue weighted by Crippen LogP contribution is 2.58. The van der Waals surface area contributed by atoms with Gasteiger partial charge >= 0.3 is 0 Å². The summed E-state index contributed by atoms with van der Waals surface area (Å²) in [5.74, 6) is -2.18. The van der Waals surface area contributed by atoms with Gasteiger partial charge < -0.3 is 29.3 Å². The third-order valence-electron chi connectivity index (χ3n) is 10.0. The SMILES string of the molecule is CC(C)C[C@H](CO)N1C(=O)[C@@H]2[C@H]3C(=O)N(Cc4ccccc4)CC=C[C@@]3(C)O[C@@]23C=CCN(CCN2CCOCC2)C(=O)C13. The van der Waals surface area contributed by atoms with Gasteiger partial charge in [0.1, 0.15) is 11.6 Å². The number of carbonyl (C=O) groups is 3. The summed E-state index contributed by atoms with van der Waals surface area (Å²) >= 11 is 0. The normalized spacial score (nSPS) is 33.0. The quantitative estimate of drug-likeness (QED) is 0.427. The van der Waals surface area contributed by atoms with E-state index in [1.54, 1.807) is 14.7 Å². The molecule has 1 aromatic carbocycles.